The number of rotatable bonds is 9. The molecule has 0 radical (unpaired) electrons. The smallest absolute Gasteiger partial charge is 0.371 e. The molecule has 2 aromatic rings. The molecule has 0 fully saturated rings. The molecule has 0 aliphatic heterocycles. The lowest BCUT2D eigenvalue weighted by atomic mass is 10.2. The minimum Gasteiger partial charge on any atom is -0.371 e. The summed E-state index contributed by atoms with van der Waals surface area (Å²) >= 11 is -1.17. The average molecular weight is 587 g/mol. The first-order chi connectivity index (χ1) is 16.8. The largest absolute Gasteiger partial charge is 0.475 e. The summed E-state index contributed by atoms with van der Waals surface area (Å²) < 4.78 is 140. The van der Waals surface area contributed by atoms with Gasteiger partial charge in [-0.05, 0) is 36.0 Å². The predicted octanol–water partition coefficient (Wildman–Crippen LogP) is 6.16. The van der Waals surface area contributed by atoms with Crippen LogP contribution in [0.2, 0.25) is 0 Å². The summed E-state index contributed by atoms with van der Waals surface area (Å²) in [6, 6.07) is 5.44. The second-order valence-corrected chi connectivity index (χ2v) is 9.37. The molecule has 0 aliphatic carbocycles. The van der Waals surface area contributed by atoms with Crippen LogP contribution in [0.1, 0.15) is 0 Å². The summed E-state index contributed by atoms with van der Waals surface area (Å²) in [5, 5.41) is 9.62. The number of anilines is 2. The van der Waals surface area contributed by atoms with Crippen molar-refractivity contribution in [3.8, 4) is 0 Å². The van der Waals surface area contributed by atoms with E-state index in [1.54, 1.807) is 0 Å². The molecule has 2 N–H and O–H groups in total. The number of hydrogen-bond donors (Lipinski definition) is 2. The molecule has 0 unspecified atom stereocenters. The van der Waals surface area contributed by atoms with Crippen LogP contribution in [0.25, 0.3) is 0 Å². The number of halogens is 10. The molecule has 0 aromatic heterocycles. The van der Waals surface area contributed by atoms with Gasteiger partial charge in [-0.25, -0.2) is 4.21 Å². The number of alkyl halides is 10. The third kappa shape index (κ3) is 7.02. The summed E-state index contributed by atoms with van der Waals surface area (Å²) in [5.41, 5.74) is -7.34. The van der Waals surface area contributed by atoms with Crippen LogP contribution in [-0.4, -0.2) is 44.4 Å². The molecule has 0 spiro atoms. The number of carbonyl (C=O) groups is 1. The average Bonchev–Trinajstić information content (AvgIpc) is 2.76. The topological polar surface area (TPSA) is 101 Å². The summed E-state index contributed by atoms with van der Waals surface area (Å²) in [4.78, 5) is 20.4. The highest BCUT2D eigenvalue weighted by Gasteiger charge is 2.73. The molecule has 0 saturated carbocycles. The van der Waals surface area contributed by atoms with Crippen molar-refractivity contribution in [1.82, 2.24) is 0 Å². The number of nitrogens with one attached hydrogen (secondary N) is 2. The number of nitro benzene ring substituents is 1. The van der Waals surface area contributed by atoms with Crippen LogP contribution >= 0.6 is 11.8 Å². The number of nitrogens with zero attached hydrogens (tertiary/aromatic N) is 1. The van der Waals surface area contributed by atoms with Crippen LogP contribution in [0.5, 0.6) is 0 Å². The van der Waals surface area contributed by atoms with Gasteiger partial charge in [0.15, 0.2) is 10.8 Å². The third-order valence-corrected chi connectivity index (χ3v) is 6.34. The minimum absolute atomic E-state index is 0.346. The Morgan fingerprint density at radius 1 is 0.946 bits per heavy atom. The molecule has 0 saturated heterocycles. The predicted molar refractivity (Wildman–Crippen MR) is 111 cm³/mol. The maximum Gasteiger partial charge on any atom is 0.475 e. The fourth-order valence-corrected chi connectivity index (χ4v) is 4.03. The van der Waals surface area contributed by atoms with Gasteiger partial charge in [-0.2, -0.15) is 43.9 Å². The van der Waals surface area contributed by atoms with Crippen LogP contribution in [0.3, 0.4) is 0 Å². The zero-order chi connectivity index (χ0) is 28.4. The van der Waals surface area contributed by atoms with Crippen molar-refractivity contribution >= 4 is 45.5 Å². The van der Waals surface area contributed by atoms with Gasteiger partial charge in [-0.15, -0.1) is 0 Å². The van der Waals surface area contributed by atoms with E-state index in [9.17, 15) is 63.0 Å². The van der Waals surface area contributed by atoms with E-state index in [0.29, 0.717) is 18.2 Å². The van der Waals surface area contributed by atoms with Gasteiger partial charge >= 0.3 is 22.9 Å². The first-order valence-electron chi connectivity index (χ1n) is 9.19. The molecular weight excluding hydrogens is 576 g/mol. The fraction of sp³-hybridized carbons (Fsp3) is 0.278. The molecule has 0 heterocycles. The maximum absolute atomic E-state index is 13.8. The van der Waals surface area contributed by atoms with Crippen molar-refractivity contribution in [2.24, 2.45) is 0 Å². The Morgan fingerprint density at radius 3 is 2.08 bits per heavy atom. The maximum atomic E-state index is 13.8. The lowest BCUT2D eigenvalue weighted by Gasteiger charge is -2.28. The van der Waals surface area contributed by atoms with Gasteiger partial charge in [0.1, 0.15) is 5.69 Å². The molecule has 0 aliphatic rings. The van der Waals surface area contributed by atoms with E-state index in [1.807, 2.05) is 5.32 Å². The first-order valence-corrected chi connectivity index (χ1v) is 11.2. The number of benzene rings is 2. The van der Waals surface area contributed by atoms with Gasteiger partial charge in [0.2, 0.25) is 5.91 Å². The van der Waals surface area contributed by atoms with E-state index in [4.69, 9.17) is 0 Å². The van der Waals surface area contributed by atoms with Crippen LogP contribution in [0.15, 0.2) is 52.3 Å². The number of amides is 1. The molecule has 19 heteroatoms. The minimum atomic E-state index is -6.58. The Labute approximate surface area is 206 Å². The number of nitro groups is 1. The highest BCUT2D eigenvalue weighted by atomic mass is 32.2. The highest BCUT2D eigenvalue weighted by molar-refractivity contribution is 8.00. The van der Waals surface area contributed by atoms with E-state index in [-0.39, 0.29) is 0 Å². The van der Waals surface area contributed by atoms with Crippen LogP contribution in [-0.2, 0) is 15.6 Å². The van der Waals surface area contributed by atoms with Crippen molar-refractivity contribution in [2.75, 3.05) is 17.2 Å². The van der Waals surface area contributed by atoms with Crippen LogP contribution < -0.4 is 10.6 Å². The molecule has 1 atom stereocenters. The summed E-state index contributed by atoms with van der Waals surface area (Å²) in [7, 11) is -3.60. The summed E-state index contributed by atoms with van der Waals surface area (Å²) in [6.45, 7) is -0.892. The normalized spacial score (nSPS) is 13.7. The van der Waals surface area contributed by atoms with Crippen molar-refractivity contribution < 1.29 is 57.8 Å². The Balaban J connectivity index is 2.20. The summed E-state index contributed by atoms with van der Waals surface area (Å²) in [6.07, 6.45) is -6.58. The standard InChI is InChI=1S/C18H11F10N3O4S2/c19-15(20,16(21,22)23)17(24,25)36-13-4-2-1-3-11(13)30-14(32)8-29-10-6-5-9(7-12(10)31(33)34)37(35)18(26,27)28/h1-7,29H,8H2,(H,30,32)/t37-/m0/s1. The van der Waals surface area contributed by atoms with Crippen molar-refractivity contribution in [2.45, 2.75) is 32.7 Å². The van der Waals surface area contributed by atoms with Gasteiger partial charge in [0, 0.05) is 11.0 Å². The van der Waals surface area contributed by atoms with Crippen molar-refractivity contribution in [1.29, 1.82) is 0 Å². The van der Waals surface area contributed by atoms with Gasteiger partial charge < -0.3 is 10.6 Å². The first kappa shape index (κ1) is 30.1. The van der Waals surface area contributed by atoms with Gasteiger partial charge in [0.05, 0.1) is 22.1 Å². The second-order valence-electron chi connectivity index (χ2n) is 6.74. The van der Waals surface area contributed by atoms with E-state index < -0.39 is 89.7 Å². The molecule has 2 aromatic carbocycles. The zero-order valence-corrected chi connectivity index (χ0v) is 19.1. The Morgan fingerprint density at radius 2 is 1.54 bits per heavy atom. The van der Waals surface area contributed by atoms with Gasteiger partial charge in [0.25, 0.3) is 5.69 Å². The quantitative estimate of drug-likeness (QED) is 0.158. The number of thioether (sulfide) groups is 1. The van der Waals surface area contributed by atoms with Crippen molar-refractivity contribution in [3.05, 3.63) is 52.6 Å². The Kier molecular flexibility index (Phi) is 8.73. The number of para-hydroxylation sites is 1. The Hall–Kier alpha value is -3.09. The lowest BCUT2D eigenvalue weighted by Crippen LogP contribution is -2.49. The van der Waals surface area contributed by atoms with E-state index in [0.717, 1.165) is 24.3 Å². The lowest BCUT2D eigenvalue weighted by molar-refractivity contribution is -0.384. The van der Waals surface area contributed by atoms with E-state index in [2.05, 4.69) is 5.32 Å². The molecule has 0 bridgehead atoms. The molecule has 2 rings (SSSR count). The molecule has 204 valence electrons. The molecule has 1 amide bonds. The van der Waals surface area contributed by atoms with Crippen LogP contribution in [0.4, 0.5) is 61.0 Å². The molecule has 7 nitrogen and oxygen atoms in total. The SMILES string of the molecule is O=C(CNc1ccc([S@](=O)C(F)(F)F)cc1[N+](=O)[O-])Nc1ccccc1SC(F)(F)C(F)(F)C(F)(F)F. The van der Waals surface area contributed by atoms with Crippen LogP contribution in [0, 0.1) is 10.1 Å². The molecule has 37 heavy (non-hydrogen) atoms. The monoisotopic (exact) mass is 587 g/mol. The molecular formula is C18H11F10N3O4S2. The van der Waals surface area contributed by atoms with E-state index in [1.165, 1.54) is 0 Å². The number of carbonyl (C=O) groups excluding carboxylic acids is 1. The van der Waals surface area contributed by atoms with Crippen molar-refractivity contribution in [3.63, 3.8) is 0 Å². The summed E-state index contributed by atoms with van der Waals surface area (Å²) in [5.74, 6) is -7.58. The van der Waals surface area contributed by atoms with Gasteiger partial charge in [-0.3, -0.25) is 14.9 Å². The Bertz CT molecular complexity index is 1210. The highest BCUT2D eigenvalue weighted by Crippen LogP contribution is 2.54. The fourth-order valence-electron chi connectivity index (χ4n) is 2.46. The number of hydrogen-bond acceptors (Lipinski definition) is 6. The zero-order valence-electron chi connectivity index (χ0n) is 17.4. The van der Waals surface area contributed by atoms with Gasteiger partial charge in [-0.1, -0.05) is 12.1 Å². The second kappa shape index (κ2) is 10.7. The van der Waals surface area contributed by atoms with E-state index >= 15 is 0 Å². The third-order valence-electron chi connectivity index (χ3n) is 4.15.